The quantitative estimate of drug-likeness (QED) is 0.409. The van der Waals surface area contributed by atoms with E-state index in [0.29, 0.717) is 26.6 Å². The SMILES string of the molecule is N#CCN(C(=O)COC(=O)c1ccccc1Sc1ccccc1C#N)c1ccccc1. The van der Waals surface area contributed by atoms with Crippen LogP contribution in [-0.2, 0) is 9.53 Å². The second kappa shape index (κ2) is 10.6. The fourth-order valence-electron chi connectivity index (χ4n) is 2.78. The van der Waals surface area contributed by atoms with Gasteiger partial charge in [-0.25, -0.2) is 4.79 Å². The van der Waals surface area contributed by atoms with Gasteiger partial charge in [-0.3, -0.25) is 9.69 Å². The van der Waals surface area contributed by atoms with Crippen LogP contribution in [0.15, 0.2) is 88.7 Å². The number of para-hydroxylation sites is 1. The third-order valence-corrected chi connectivity index (χ3v) is 5.41. The largest absolute Gasteiger partial charge is 0.452 e. The zero-order valence-electron chi connectivity index (χ0n) is 16.4. The molecule has 0 N–H and O–H groups in total. The van der Waals surface area contributed by atoms with Crippen molar-refractivity contribution in [1.82, 2.24) is 0 Å². The van der Waals surface area contributed by atoms with E-state index in [1.165, 1.54) is 16.7 Å². The Bertz CT molecular complexity index is 1170. The summed E-state index contributed by atoms with van der Waals surface area (Å²) in [7, 11) is 0. The molecule has 0 aliphatic carbocycles. The van der Waals surface area contributed by atoms with Crippen LogP contribution in [0.3, 0.4) is 0 Å². The van der Waals surface area contributed by atoms with E-state index >= 15 is 0 Å². The van der Waals surface area contributed by atoms with Crippen molar-refractivity contribution < 1.29 is 14.3 Å². The number of esters is 1. The number of rotatable bonds is 7. The maximum Gasteiger partial charge on any atom is 0.339 e. The molecule has 0 bridgehead atoms. The summed E-state index contributed by atoms with van der Waals surface area (Å²) in [5.74, 6) is -1.16. The lowest BCUT2D eigenvalue weighted by Crippen LogP contribution is -2.35. The van der Waals surface area contributed by atoms with E-state index in [4.69, 9.17) is 10.00 Å². The van der Waals surface area contributed by atoms with Crippen molar-refractivity contribution in [1.29, 1.82) is 10.5 Å². The molecular weight excluding hydrogens is 410 g/mol. The topological polar surface area (TPSA) is 94.2 Å². The van der Waals surface area contributed by atoms with Gasteiger partial charge in [-0.15, -0.1) is 0 Å². The number of nitrogens with zero attached hydrogens (tertiary/aromatic N) is 3. The first-order valence-corrected chi connectivity index (χ1v) is 10.1. The Kier molecular flexibility index (Phi) is 7.42. The van der Waals surface area contributed by atoms with E-state index in [9.17, 15) is 14.9 Å². The van der Waals surface area contributed by atoms with E-state index in [0.717, 1.165) is 0 Å². The van der Waals surface area contributed by atoms with Crippen LogP contribution in [0, 0.1) is 22.7 Å². The molecule has 0 atom stereocenters. The molecule has 0 spiro atoms. The number of hydrogen-bond donors (Lipinski definition) is 0. The van der Waals surface area contributed by atoms with E-state index in [1.807, 2.05) is 12.1 Å². The number of amides is 1. The van der Waals surface area contributed by atoms with Crippen LogP contribution in [-0.4, -0.2) is 25.0 Å². The smallest absolute Gasteiger partial charge is 0.339 e. The van der Waals surface area contributed by atoms with Crippen LogP contribution >= 0.6 is 11.8 Å². The molecule has 152 valence electrons. The van der Waals surface area contributed by atoms with Crippen molar-refractivity contribution in [2.45, 2.75) is 9.79 Å². The maximum absolute atomic E-state index is 12.7. The Hall–Kier alpha value is -4.07. The highest BCUT2D eigenvalue weighted by molar-refractivity contribution is 7.99. The van der Waals surface area contributed by atoms with Gasteiger partial charge in [-0.05, 0) is 36.4 Å². The molecule has 0 aliphatic rings. The summed E-state index contributed by atoms with van der Waals surface area (Å²) in [6.45, 7) is -0.652. The van der Waals surface area contributed by atoms with E-state index in [1.54, 1.807) is 72.8 Å². The first-order valence-electron chi connectivity index (χ1n) is 9.29. The molecule has 0 aliphatic heterocycles. The van der Waals surface area contributed by atoms with Gasteiger partial charge in [0.2, 0.25) is 0 Å². The van der Waals surface area contributed by atoms with Gasteiger partial charge in [-0.1, -0.05) is 54.2 Å². The van der Waals surface area contributed by atoms with Crippen molar-refractivity contribution in [2.24, 2.45) is 0 Å². The van der Waals surface area contributed by atoms with Crippen LogP contribution in [0.25, 0.3) is 0 Å². The molecule has 0 aromatic heterocycles. The summed E-state index contributed by atoms with van der Waals surface area (Å²) in [5.41, 5.74) is 1.34. The summed E-state index contributed by atoms with van der Waals surface area (Å²) >= 11 is 1.28. The van der Waals surface area contributed by atoms with Crippen LogP contribution in [0.1, 0.15) is 15.9 Å². The number of carbonyl (C=O) groups excluding carboxylic acids is 2. The Morgan fingerprint density at radius 1 is 0.871 bits per heavy atom. The van der Waals surface area contributed by atoms with Gasteiger partial charge in [0.1, 0.15) is 12.6 Å². The molecule has 7 heteroatoms. The van der Waals surface area contributed by atoms with E-state index in [-0.39, 0.29) is 6.54 Å². The Morgan fingerprint density at radius 2 is 1.52 bits per heavy atom. The highest BCUT2D eigenvalue weighted by Crippen LogP contribution is 2.32. The van der Waals surface area contributed by atoms with Gasteiger partial charge in [0.15, 0.2) is 6.61 Å². The molecule has 3 rings (SSSR count). The van der Waals surface area contributed by atoms with Crippen molar-refractivity contribution in [3.63, 3.8) is 0 Å². The van der Waals surface area contributed by atoms with Crippen LogP contribution in [0.2, 0.25) is 0 Å². The number of carbonyl (C=O) groups is 2. The fourth-order valence-corrected chi connectivity index (χ4v) is 3.79. The predicted molar refractivity (Wildman–Crippen MR) is 116 cm³/mol. The third-order valence-electron chi connectivity index (χ3n) is 4.26. The molecule has 0 unspecified atom stereocenters. The normalized spacial score (nSPS) is 9.87. The van der Waals surface area contributed by atoms with Crippen LogP contribution < -0.4 is 4.90 Å². The highest BCUT2D eigenvalue weighted by atomic mass is 32.2. The van der Waals surface area contributed by atoms with Crippen molar-refractivity contribution in [3.05, 3.63) is 90.0 Å². The first-order chi connectivity index (χ1) is 15.1. The molecule has 1 amide bonds. The van der Waals surface area contributed by atoms with Gasteiger partial charge in [0, 0.05) is 15.5 Å². The molecule has 0 heterocycles. The minimum absolute atomic E-state index is 0.155. The molecule has 0 saturated carbocycles. The zero-order chi connectivity index (χ0) is 22.1. The molecule has 31 heavy (non-hydrogen) atoms. The van der Waals surface area contributed by atoms with Gasteiger partial charge in [0.05, 0.1) is 17.2 Å². The fraction of sp³-hybridized carbons (Fsp3) is 0.0833. The molecule has 3 aromatic carbocycles. The number of anilines is 1. The average Bonchev–Trinajstić information content (AvgIpc) is 2.82. The third kappa shape index (κ3) is 5.51. The lowest BCUT2D eigenvalue weighted by Gasteiger charge is -2.19. The summed E-state index contributed by atoms with van der Waals surface area (Å²) in [6.07, 6.45) is 0. The average molecular weight is 427 g/mol. The van der Waals surface area contributed by atoms with Gasteiger partial charge in [-0.2, -0.15) is 10.5 Å². The molecule has 0 saturated heterocycles. The number of nitriles is 2. The summed E-state index contributed by atoms with van der Waals surface area (Å²) in [6, 6.07) is 26.7. The number of hydrogen-bond acceptors (Lipinski definition) is 6. The Morgan fingerprint density at radius 3 is 2.23 bits per heavy atom. The number of benzene rings is 3. The molecule has 3 aromatic rings. The standard InChI is InChI=1S/C24H17N3O3S/c25-14-15-27(19-9-2-1-3-10-19)23(28)17-30-24(29)20-11-5-7-13-22(20)31-21-12-6-4-8-18(21)16-26/h1-13H,15,17H2. The Balaban J connectivity index is 1.73. The summed E-state index contributed by atoms with van der Waals surface area (Å²) < 4.78 is 5.26. The summed E-state index contributed by atoms with van der Waals surface area (Å²) in [5, 5.41) is 18.3. The van der Waals surface area contributed by atoms with Crippen molar-refractivity contribution in [3.8, 4) is 12.1 Å². The lowest BCUT2D eigenvalue weighted by molar-refractivity contribution is -0.121. The Labute approximate surface area is 184 Å². The van der Waals surface area contributed by atoms with Gasteiger partial charge in [0.25, 0.3) is 5.91 Å². The van der Waals surface area contributed by atoms with Crippen LogP contribution in [0.4, 0.5) is 5.69 Å². The lowest BCUT2D eigenvalue weighted by atomic mass is 10.2. The maximum atomic E-state index is 12.7. The van der Waals surface area contributed by atoms with Crippen LogP contribution in [0.5, 0.6) is 0 Å². The molecular formula is C24H17N3O3S. The minimum atomic E-state index is -0.657. The van der Waals surface area contributed by atoms with E-state index < -0.39 is 18.5 Å². The highest BCUT2D eigenvalue weighted by Gasteiger charge is 2.20. The van der Waals surface area contributed by atoms with Crippen molar-refractivity contribution >= 4 is 29.3 Å². The van der Waals surface area contributed by atoms with E-state index in [2.05, 4.69) is 6.07 Å². The molecule has 0 radical (unpaired) electrons. The summed E-state index contributed by atoms with van der Waals surface area (Å²) in [4.78, 5) is 27.9. The van der Waals surface area contributed by atoms with Crippen molar-refractivity contribution in [2.75, 3.05) is 18.1 Å². The monoisotopic (exact) mass is 427 g/mol. The van der Waals surface area contributed by atoms with Gasteiger partial charge >= 0.3 is 5.97 Å². The predicted octanol–water partition coefficient (Wildman–Crippen LogP) is 4.42. The zero-order valence-corrected chi connectivity index (χ0v) is 17.2. The second-order valence-corrected chi connectivity index (χ2v) is 7.34. The molecule has 6 nitrogen and oxygen atoms in total. The minimum Gasteiger partial charge on any atom is -0.452 e. The van der Waals surface area contributed by atoms with Gasteiger partial charge < -0.3 is 4.74 Å². The first kappa shape index (κ1) is 21.6. The second-order valence-electron chi connectivity index (χ2n) is 6.26. The molecule has 0 fully saturated rings. The number of ether oxygens (including phenoxy) is 1.